The van der Waals surface area contributed by atoms with Gasteiger partial charge in [0.2, 0.25) is 5.91 Å². The summed E-state index contributed by atoms with van der Waals surface area (Å²) in [5.41, 5.74) is 0.360. The summed E-state index contributed by atoms with van der Waals surface area (Å²) in [7, 11) is 3.16. The zero-order valence-corrected chi connectivity index (χ0v) is 13.0. The monoisotopic (exact) mass is 271 g/mol. The second kappa shape index (κ2) is 7.25. The Morgan fingerprint density at radius 2 is 1.68 bits per heavy atom. The smallest absolute Gasteiger partial charge is 0.223 e. The van der Waals surface area contributed by atoms with Crippen LogP contribution in [0.15, 0.2) is 0 Å². The van der Waals surface area contributed by atoms with E-state index in [9.17, 15) is 4.79 Å². The minimum Gasteiger partial charge on any atom is -0.354 e. The van der Waals surface area contributed by atoms with Crippen LogP contribution < -0.4 is 5.32 Å². The van der Waals surface area contributed by atoms with Crippen molar-refractivity contribution in [3.8, 4) is 0 Å². The Hall–Kier alpha value is -0.610. The molecule has 0 saturated heterocycles. The number of rotatable bonds is 5. The predicted molar refractivity (Wildman–Crippen MR) is 75.7 cm³/mol. The van der Waals surface area contributed by atoms with Gasteiger partial charge >= 0.3 is 0 Å². The van der Waals surface area contributed by atoms with E-state index in [1.54, 1.807) is 14.2 Å². The van der Waals surface area contributed by atoms with E-state index in [1.807, 2.05) is 0 Å². The fraction of sp³-hybridized carbons (Fsp3) is 0.933. The summed E-state index contributed by atoms with van der Waals surface area (Å²) in [4.78, 5) is 12.1. The number of hydrogen-bond donors (Lipinski definition) is 1. The number of hydrogen-bond acceptors (Lipinski definition) is 3. The van der Waals surface area contributed by atoms with E-state index in [4.69, 9.17) is 9.47 Å². The fourth-order valence-corrected chi connectivity index (χ4v) is 2.81. The second-order valence-electron chi connectivity index (χ2n) is 6.56. The van der Waals surface area contributed by atoms with Crippen LogP contribution in [0.2, 0.25) is 0 Å². The molecule has 0 heterocycles. The standard InChI is InChI=1S/C15H29NO3/c1-15(2,3)12-8-6-11(7-9-12)14(17)16-10-13(18-4)19-5/h11-13H,6-10H2,1-5H3,(H,16,17). The maximum absolute atomic E-state index is 12.1. The van der Waals surface area contributed by atoms with Crippen molar-refractivity contribution in [3.05, 3.63) is 0 Å². The molecule has 1 N–H and O–H groups in total. The number of ether oxygens (including phenoxy) is 2. The van der Waals surface area contributed by atoms with E-state index < -0.39 is 0 Å². The molecule has 1 amide bonds. The third-order valence-corrected chi connectivity index (χ3v) is 4.29. The van der Waals surface area contributed by atoms with Crippen LogP contribution >= 0.6 is 0 Å². The lowest BCUT2D eigenvalue weighted by Crippen LogP contribution is -2.39. The van der Waals surface area contributed by atoms with Crippen LogP contribution in [0, 0.1) is 17.3 Å². The summed E-state index contributed by atoms with van der Waals surface area (Å²) in [5, 5.41) is 2.92. The molecule has 1 rings (SSSR count). The molecule has 0 spiro atoms. The Bertz CT molecular complexity index is 274. The summed E-state index contributed by atoms with van der Waals surface area (Å²) in [5.74, 6) is 1.04. The van der Waals surface area contributed by atoms with Crippen molar-refractivity contribution in [1.82, 2.24) is 5.32 Å². The second-order valence-corrected chi connectivity index (χ2v) is 6.56. The van der Waals surface area contributed by atoms with E-state index in [2.05, 4.69) is 26.1 Å². The topological polar surface area (TPSA) is 47.6 Å². The summed E-state index contributed by atoms with van der Waals surface area (Å²) in [6.45, 7) is 7.30. The maximum atomic E-state index is 12.1. The molecule has 0 aromatic heterocycles. The first-order valence-corrected chi connectivity index (χ1v) is 7.21. The Morgan fingerprint density at radius 3 is 2.11 bits per heavy atom. The van der Waals surface area contributed by atoms with Crippen LogP contribution in [0.5, 0.6) is 0 Å². The molecule has 4 heteroatoms. The molecule has 1 fully saturated rings. The molecule has 4 nitrogen and oxygen atoms in total. The minimum atomic E-state index is -0.352. The summed E-state index contributed by atoms with van der Waals surface area (Å²) < 4.78 is 10.1. The van der Waals surface area contributed by atoms with E-state index in [-0.39, 0.29) is 18.1 Å². The average Bonchev–Trinajstić information content (AvgIpc) is 2.39. The Balaban J connectivity index is 2.33. The minimum absolute atomic E-state index is 0.145. The lowest BCUT2D eigenvalue weighted by Gasteiger charge is -2.36. The van der Waals surface area contributed by atoms with E-state index in [0.717, 1.165) is 31.6 Å². The van der Waals surface area contributed by atoms with Crippen LogP contribution in [0.1, 0.15) is 46.5 Å². The van der Waals surface area contributed by atoms with Crippen LogP contribution in [-0.4, -0.2) is 33.0 Å². The lowest BCUT2D eigenvalue weighted by molar-refractivity contribution is -0.132. The van der Waals surface area contributed by atoms with Gasteiger partial charge in [-0.15, -0.1) is 0 Å². The van der Waals surface area contributed by atoms with Gasteiger partial charge in [-0.3, -0.25) is 4.79 Å². The highest BCUT2D eigenvalue weighted by atomic mass is 16.7. The van der Waals surface area contributed by atoms with E-state index in [1.165, 1.54) is 0 Å². The van der Waals surface area contributed by atoms with Crippen molar-refractivity contribution < 1.29 is 14.3 Å². The van der Waals surface area contributed by atoms with Crippen molar-refractivity contribution in [2.24, 2.45) is 17.3 Å². The molecule has 19 heavy (non-hydrogen) atoms. The molecule has 0 unspecified atom stereocenters. The highest BCUT2D eigenvalue weighted by Crippen LogP contribution is 2.39. The molecule has 0 atom stereocenters. The first-order chi connectivity index (χ1) is 8.88. The van der Waals surface area contributed by atoms with Crippen molar-refractivity contribution in [2.45, 2.75) is 52.7 Å². The largest absolute Gasteiger partial charge is 0.354 e. The fourth-order valence-electron chi connectivity index (χ4n) is 2.81. The first-order valence-electron chi connectivity index (χ1n) is 7.21. The molecule has 0 aromatic carbocycles. The SMILES string of the molecule is COC(CNC(=O)C1CCC(C(C)(C)C)CC1)OC. The summed E-state index contributed by atoms with van der Waals surface area (Å²) in [6, 6.07) is 0. The zero-order valence-electron chi connectivity index (χ0n) is 13.0. The van der Waals surface area contributed by atoms with Crippen LogP contribution in [0.25, 0.3) is 0 Å². The van der Waals surface area contributed by atoms with Crippen molar-refractivity contribution in [1.29, 1.82) is 0 Å². The Kier molecular flexibility index (Phi) is 6.27. The van der Waals surface area contributed by atoms with Gasteiger partial charge in [0.05, 0.1) is 6.54 Å². The van der Waals surface area contributed by atoms with Gasteiger partial charge < -0.3 is 14.8 Å². The van der Waals surface area contributed by atoms with Gasteiger partial charge in [-0.1, -0.05) is 20.8 Å². The van der Waals surface area contributed by atoms with Crippen molar-refractivity contribution in [3.63, 3.8) is 0 Å². The molecular weight excluding hydrogens is 242 g/mol. The van der Waals surface area contributed by atoms with E-state index in [0.29, 0.717) is 12.0 Å². The van der Waals surface area contributed by atoms with Gasteiger partial charge in [-0.05, 0) is 37.0 Å². The molecule has 0 bridgehead atoms. The lowest BCUT2D eigenvalue weighted by atomic mass is 9.70. The third-order valence-electron chi connectivity index (χ3n) is 4.29. The van der Waals surface area contributed by atoms with Crippen molar-refractivity contribution in [2.75, 3.05) is 20.8 Å². The van der Waals surface area contributed by atoms with Gasteiger partial charge in [0.25, 0.3) is 0 Å². The normalized spacial score (nSPS) is 24.5. The first kappa shape index (κ1) is 16.4. The highest BCUT2D eigenvalue weighted by molar-refractivity contribution is 5.78. The number of amides is 1. The van der Waals surface area contributed by atoms with Gasteiger partial charge in [0.15, 0.2) is 6.29 Å². The molecule has 1 aliphatic rings. The van der Waals surface area contributed by atoms with E-state index >= 15 is 0 Å². The number of carbonyl (C=O) groups is 1. The van der Waals surface area contributed by atoms with Gasteiger partial charge in [-0.2, -0.15) is 0 Å². The molecule has 1 saturated carbocycles. The Morgan fingerprint density at radius 1 is 1.16 bits per heavy atom. The molecule has 112 valence electrons. The van der Waals surface area contributed by atoms with Gasteiger partial charge in [0, 0.05) is 20.1 Å². The van der Waals surface area contributed by atoms with Crippen LogP contribution in [0.3, 0.4) is 0 Å². The summed E-state index contributed by atoms with van der Waals surface area (Å²) in [6.07, 6.45) is 3.95. The summed E-state index contributed by atoms with van der Waals surface area (Å²) >= 11 is 0. The average molecular weight is 271 g/mol. The maximum Gasteiger partial charge on any atom is 0.223 e. The van der Waals surface area contributed by atoms with Crippen LogP contribution in [0.4, 0.5) is 0 Å². The number of nitrogens with one attached hydrogen (secondary N) is 1. The number of methoxy groups -OCH3 is 2. The Labute approximate surface area is 117 Å². The van der Waals surface area contributed by atoms with Crippen molar-refractivity contribution >= 4 is 5.91 Å². The molecule has 0 aromatic rings. The molecule has 1 aliphatic carbocycles. The zero-order chi connectivity index (χ0) is 14.5. The van der Waals surface area contributed by atoms with Gasteiger partial charge in [0.1, 0.15) is 0 Å². The highest BCUT2D eigenvalue weighted by Gasteiger charge is 2.32. The van der Waals surface area contributed by atoms with Gasteiger partial charge in [-0.25, -0.2) is 0 Å². The quantitative estimate of drug-likeness (QED) is 0.782. The molecular formula is C15H29NO3. The molecule has 0 radical (unpaired) electrons. The third kappa shape index (κ3) is 5.11. The van der Waals surface area contributed by atoms with Crippen LogP contribution in [-0.2, 0) is 14.3 Å². The molecule has 0 aliphatic heterocycles. The number of carbonyl (C=O) groups excluding carboxylic acids is 1. The predicted octanol–water partition coefficient (Wildman–Crippen LogP) is 2.57.